The van der Waals surface area contributed by atoms with E-state index in [4.69, 9.17) is 22.1 Å². The lowest BCUT2D eigenvalue weighted by molar-refractivity contribution is 0.0636. The molecule has 0 saturated heterocycles. The van der Waals surface area contributed by atoms with Crippen molar-refractivity contribution in [2.45, 2.75) is 38.8 Å². The Morgan fingerprint density at radius 3 is 2.50 bits per heavy atom. The summed E-state index contributed by atoms with van der Waals surface area (Å²) in [5, 5.41) is 2.62. The SMILES string of the molecule is CC(C)(C)OC(=O)Nc1cc(C(N)C(F)F)ccc1Cl. The molecule has 3 N–H and O–H groups in total. The number of hydrogen-bond donors (Lipinski definition) is 2. The smallest absolute Gasteiger partial charge is 0.412 e. The van der Waals surface area contributed by atoms with E-state index in [2.05, 4.69) is 5.32 Å². The van der Waals surface area contributed by atoms with Gasteiger partial charge in [0.1, 0.15) is 5.60 Å². The van der Waals surface area contributed by atoms with Crippen molar-refractivity contribution in [1.82, 2.24) is 0 Å². The van der Waals surface area contributed by atoms with E-state index in [1.165, 1.54) is 18.2 Å². The highest BCUT2D eigenvalue weighted by Gasteiger charge is 2.20. The fraction of sp³-hybridized carbons (Fsp3) is 0.462. The molecule has 0 saturated carbocycles. The number of benzene rings is 1. The molecule has 0 aromatic heterocycles. The van der Waals surface area contributed by atoms with Crippen molar-refractivity contribution < 1.29 is 18.3 Å². The molecule has 0 heterocycles. The molecule has 0 aliphatic carbocycles. The van der Waals surface area contributed by atoms with Gasteiger partial charge in [-0.25, -0.2) is 13.6 Å². The van der Waals surface area contributed by atoms with Gasteiger partial charge in [-0.2, -0.15) is 0 Å². The normalized spacial score (nSPS) is 13.2. The molecule has 1 aromatic carbocycles. The lowest BCUT2D eigenvalue weighted by Gasteiger charge is -2.20. The molecule has 0 aliphatic rings. The number of nitrogens with two attached hydrogens (primary N) is 1. The average Bonchev–Trinajstić information content (AvgIpc) is 2.28. The molecule has 7 heteroatoms. The molecule has 0 bridgehead atoms. The Balaban J connectivity index is 2.90. The van der Waals surface area contributed by atoms with E-state index < -0.39 is 24.2 Å². The Kier molecular flexibility index (Phi) is 5.30. The van der Waals surface area contributed by atoms with E-state index in [0.29, 0.717) is 0 Å². The first-order valence-electron chi connectivity index (χ1n) is 5.93. The molecule has 0 fully saturated rings. The van der Waals surface area contributed by atoms with Crippen LogP contribution in [0.4, 0.5) is 19.3 Å². The van der Waals surface area contributed by atoms with E-state index in [9.17, 15) is 13.6 Å². The maximum atomic E-state index is 12.6. The molecule has 1 aromatic rings. The zero-order valence-electron chi connectivity index (χ0n) is 11.4. The van der Waals surface area contributed by atoms with E-state index in [-0.39, 0.29) is 16.3 Å². The number of carbonyl (C=O) groups is 1. The van der Waals surface area contributed by atoms with Crippen LogP contribution >= 0.6 is 11.6 Å². The largest absolute Gasteiger partial charge is 0.444 e. The van der Waals surface area contributed by atoms with E-state index in [1.807, 2.05) is 0 Å². The topological polar surface area (TPSA) is 64.3 Å². The third-order valence-electron chi connectivity index (χ3n) is 2.28. The summed E-state index contributed by atoms with van der Waals surface area (Å²) in [7, 11) is 0. The van der Waals surface area contributed by atoms with E-state index in [0.717, 1.165) is 0 Å². The molecule has 1 rings (SSSR count). The number of anilines is 1. The Hall–Kier alpha value is -1.40. The second kappa shape index (κ2) is 6.37. The van der Waals surface area contributed by atoms with Crippen LogP contribution in [0.25, 0.3) is 0 Å². The van der Waals surface area contributed by atoms with Crippen LogP contribution in [0.15, 0.2) is 18.2 Å². The molecular weight excluding hydrogens is 290 g/mol. The summed E-state index contributed by atoms with van der Waals surface area (Å²) in [6.45, 7) is 5.12. The number of halogens is 3. The third kappa shape index (κ3) is 4.94. The van der Waals surface area contributed by atoms with Crippen LogP contribution in [-0.2, 0) is 4.74 Å². The fourth-order valence-corrected chi connectivity index (χ4v) is 1.57. The highest BCUT2D eigenvalue weighted by Crippen LogP contribution is 2.28. The van der Waals surface area contributed by atoms with Crippen LogP contribution in [0.2, 0.25) is 5.02 Å². The van der Waals surface area contributed by atoms with Gasteiger partial charge < -0.3 is 10.5 Å². The standard InChI is InChI=1S/C13H17ClF2N2O2/c1-13(2,3)20-12(19)18-9-6-7(4-5-8(9)14)10(17)11(15)16/h4-6,10-11H,17H2,1-3H3,(H,18,19). The van der Waals surface area contributed by atoms with Crippen LogP contribution in [0.3, 0.4) is 0 Å². The Bertz CT molecular complexity index is 490. The Labute approximate surface area is 121 Å². The van der Waals surface area contributed by atoms with Crippen molar-refractivity contribution in [3.05, 3.63) is 28.8 Å². The first-order chi connectivity index (χ1) is 9.10. The first-order valence-corrected chi connectivity index (χ1v) is 6.31. The third-order valence-corrected chi connectivity index (χ3v) is 2.61. The van der Waals surface area contributed by atoms with E-state index >= 15 is 0 Å². The average molecular weight is 307 g/mol. The lowest BCUT2D eigenvalue weighted by Crippen LogP contribution is -2.27. The maximum absolute atomic E-state index is 12.6. The number of rotatable bonds is 3. The van der Waals surface area contributed by atoms with Crippen LogP contribution in [-0.4, -0.2) is 18.1 Å². The fourth-order valence-electron chi connectivity index (χ4n) is 1.41. The zero-order valence-corrected chi connectivity index (χ0v) is 12.2. The highest BCUT2D eigenvalue weighted by atomic mass is 35.5. The minimum Gasteiger partial charge on any atom is -0.444 e. The van der Waals surface area contributed by atoms with Gasteiger partial charge in [0.25, 0.3) is 6.43 Å². The van der Waals surface area contributed by atoms with Gasteiger partial charge in [0.15, 0.2) is 0 Å². The number of amides is 1. The van der Waals surface area contributed by atoms with E-state index in [1.54, 1.807) is 20.8 Å². The summed E-state index contributed by atoms with van der Waals surface area (Å²) in [5.74, 6) is 0. The van der Waals surface area contributed by atoms with Gasteiger partial charge in [-0.1, -0.05) is 17.7 Å². The Morgan fingerprint density at radius 2 is 2.00 bits per heavy atom. The van der Waals surface area contributed by atoms with Crippen LogP contribution in [0, 0.1) is 0 Å². The monoisotopic (exact) mass is 306 g/mol. The second-order valence-electron chi connectivity index (χ2n) is 5.23. The predicted molar refractivity (Wildman–Crippen MR) is 74.2 cm³/mol. The minimum atomic E-state index is -2.70. The molecule has 112 valence electrons. The van der Waals surface area contributed by atoms with Crippen molar-refractivity contribution in [1.29, 1.82) is 0 Å². The highest BCUT2D eigenvalue weighted by molar-refractivity contribution is 6.33. The minimum absolute atomic E-state index is 0.175. The molecule has 20 heavy (non-hydrogen) atoms. The van der Waals surface area contributed by atoms with Crippen molar-refractivity contribution >= 4 is 23.4 Å². The van der Waals surface area contributed by atoms with Gasteiger partial charge in [-0.3, -0.25) is 5.32 Å². The van der Waals surface area contributed by atoms with Gasteiger partial charge in [-0.05, 0) is 38.5 Å². The maximum Gasteiger partial charge on any atom is 0.412 e. The zero-order chi connectivity index (χ0) is 15.5. The summed E-state index contributed by atoms with van der Waals surface area (Å²) >= 11 is 5.90. The van der Waals surface area contributed by atoms with Gasteiger partial charge in [0, 0.05) is 0 Å². The van der Waals surface area contributed by atoms with Gasteiger partial charge in [0.2, 0.25) is 0 Å². The molecule has 0 spiro atoms. The van der Waals surface area contributed by atoms with Crippen LogP contribution in [0.5, 0.6) is 0 Å². The van der Waals surface area contributed by atoms with Crippen LogP contribution < -0.4 is 11.1 Å². The molecular formula is C13H17ClF2N2O2. The summed E-state index contributed by atoms with van der Waals surface area (Å²) in [6, 6.07) is 2.65. The molecule has 1 amide bonds. The quantitative estimate of drug-likeness (QED) is 0.888. The van der Waals surface area contributed by atoms with Crippen molar-refractivity contribution in [3.8, 4) is 0 Å². The van der Waals surface area contributed by atoms with Crippen molar-refractivity contribution in [2.24, 2.45) is 5.73 Å². The first kappa shape index (κ1) is 16.7. The molecule has 4 nitrogen and oxygen atoms in total. The molecule has 1 unspecified atom stereocenters. The number of alkyl halides is 2. The van der Waals surface area contributed by atoms with Gasteiger partial charge >= 0.3 is 6.09 Å². The molecule has 1 atom stereocenters. The Morgan fingerprint density at radius 1 is 1.40 bits per heavy atom. The lowest BCUT2D eigenvalue weighted by atomic mass is 10.1. The number of hydrogen-bond acceptors (Lipinski definition) is 3. The summed E-state index contributed by atoms with van der Waals surface area (Å²) in [6.07, 6.45) is -3.42. The number of ether oxygens (including phenoxy) is 1. The number of nitrogens with one attached hydrogen (secondary N) is 1. The van der Waals surface area contributed by atoms with Gasteiger partial charge in [0.05, 0.1) is 16.8 Å². The number of carbonyl (C=O) groups excluding carboxylic acids is 1. The predicted octanol–water partition coefficient (Wildman–Crippen LogP) is 3.95. The van der Waals surface area contributed by atoms with Gasteiger partial charge in [-0.15, -0.1) is 0 Å². The second-order valence-corrected chi connectivity index (χ2v) is 5.63. The molecule has 0 radical (unpaired) electrons. The molecule has 0 aliphatic heterocycles. The summed E-state index contributed by atoms with van der Waals surface area (Å²) in [5.41, 5.74) is 5.03. The van der Waals surface area contributed by atoms with Crippen molar-refractivity contribution in [2.75, 3.05) is 5.32 Å². The van der Waals surface area contributed by atoms with Crippen molar-refractivity contribution in [3.63, 3.8) is 0 Å². The van der Waals surface area contributed by atoms with Crippen LogP contribution in [0.1, 0.15) is 32.4 Å². The summed E-state index contributed by atoms with van der Waals surface area (Å²) < 4.78 is 30.2. The summed E-state index contributed by atoms with van der Waals surface area (Å²) in [4.78, 5) is 11.6.